The fourth-order valence-corrected chi connectivity index (χ4v) is 4.14. The van der Waals surface area contributed by atoms with Crippen LogP contribution in [0, 0.1) is 6.92 Å². The van der Waals surface area contributed by atoms with Crippen molar-refractivity contribution < 1.29 is 14.3 Å². The van der Waals surface area contributed by atoms with Gasteiger partial charge in [-0.1, -0.05) is 6.07 Å². The molecule has 3 saturated heterocycles. The lowest BCUT2D eigenvalue weighted by molar-refractivity contribution is -0.130. The fraction of sp³-hybridized carbons (Fsp3) is 0.611. The first kappa shape index (κ1) is 16.3. The van der Waals surface area contributed by atoms with Gasteiger partial charge < -0.3 is 14.5 Å². The molecular formula is C18H24N4O3. The molecule has 0 aromatic carbocycles. The molecular weight excluding hydrogens is 320 g/mol. The van der Waals surface area contributed by atoms with Gasteiger partial charge in [-0.2, -0.15) is 0 Å². The second-order valence-electron chi connectivity index (χ2n) is 7.16. The van der Waals surface area contributed by atoms with Crippen LogP contribution in [0.4, 0.5) is 10.6 Å². The minimum atomic E-state index is -0.325. The molecule has 3 fully saturated rings. The van der Waals surface area contributed by atoms with Gasteiger partial charge in [-0.05, 0) is 31.4 Å². The summed E-state index contributed by atoms with van der Waals surface area (Å²) in [4.78, 5) is 35.3. The molecule has 3 amide bonds. The highest BCUT2D eigenvalue weighted by molar-refractivity contribution is 6.05. The maximum atomic E-state index is 12.7. The Bertz CT molecular complexity index is 645. The monoisotopic (exact) mass is 344 g/mol. The predicted molar refractivity (Wildman–Crippen MR) is 92.4 cm³/mol. The summed E-state index contributed by atoms with van der Waals surface area (Å²) in [6.45, 7) is 4.16. The van der Waals surface area contributed by atoms with Crippen molar-refractivity contribution in [1.29, 1.82) is 0 Å². The van der Waals surface area contributed by atoms with E-state index in [1.54, 1.807) is 12.0 Å². The van der Waals surface area contributed by atoms with Crippen molar-refractivity contribution >= 4 is 17.8 Å². The number of hydrogen-bond acceptors (Lipinski definition) is 5. The molecule has 0 spiro atoms. The van der Waals surface area contributed by atoms with Crippen molar-refractivity contribution in [3.05, 3.63) is 23.9 Å². The molecule has 2 unspecified atom stereocenters. The van der Waals surface area contributed by atoms with Crippen LogP contribution >= 0.6 is 0 Å². The third kappa shape index (κ3) is 2.76. The number of ether oxygens (including phenoxy) is 1. The SMILES string of the molecule is COC1CC2C(=O)N(C3CCN(c4ccc(C)cn4)CC3)C(=O)N2C1. The Balaban J connectivity index is 1.41. The molecule has 2 atom stereocenters. The highest BCUT2D eigenvalue weighted by atomic mass is 16.5. The van der Waals surface area contributed by atoms with Gasteiger partial charge in [-0.15, -0.1) is 0 Å². The number of methoxy groups -OCH3 is 1. The van der Waals surface area contributed by atoms with Gasteiger partial charge in [-0.3, -0.25) is 9.69 Å². The van der Waals surface area contributed by atoms with Crippen LogP contribution in [0.3, 0.4) is 0 Å². The first-order chi connectivity index (χ1) is 12.1. The predicted octanol–water partition coefficient (Wildman–Crippen LogP) is 1.41. The Morgan fingerprint density at radius 3 is 2.56 bits per heavy atom. The van der Waals surface area contributed by atoms with Crippen LogP contribution in [0.15, 0.2) is 18.3 Å². The number of carbonyl (C=O) groups is 2. The molecule has 134 valence electrons. The van der Waals surface area contributed by atoms with E-state index in [4.69, 9.17) is 4.74 Å². The van der Waals surface area contributed by atoms with Gasteiger partial charge in [-0.25, -0.2) is 9.78 Å². The van der Waals surface area contributed by atoms with E-state index in [0.29, 0.717) is 13.0 Å². The molecule has 1 aromatic heterocycles. The number of hydrogen-bond donors (Lipinski definition) is 0. The molecule has 0 radical (unpaired) electrons. The Morgan fingerprint density at radius 2 is 1.96 bits per heavy atom. The minimum absolute atomic E-state index is 0.00621. The average molecular weight is 344 g/mol. The number of urea groups is 1. The van der Waals surface area contributed by atoms with Crippen LogP contribution < -0.4 is 4.90 Å². The number of pyridine rings is 1. The van der Waals surface area contributed by atoms with Gasteiger partial charge in [0.1, 0.15) is 11.9 Å². The topological polar surface area (TPSA) is 66.0 Å². The maximum Gasteiger partial charge on any atom is 0.327 e. The molecule has 3 aliphatic rings. The van der Waals surface area contributed by atoms with E-state index >= 15 is 0 Å². The van der Waals surface area contributed by atoms with E-state index in [0.717, 1.165) is 37.3 Å². The molecule has 4 rings (SSSR count). The number of amides is 3. The van der Waals surface area contributed by atoms with Crippen molar-refractivity contribution in [3.8, 4) is 0 Å². The van der Waals surface area contributed by atoms with Crippen LogP contribution in [0.5, 0.6) is 0 Å². The van der Waals surface area contributed by atoms with E-state index in [9.17, 15) is 9.59 Å². The Hall–Kier alpha value is -2.15. The summed E-state index contributed by atoms with van der Waals surface area (Å²) in [6, 6.07) is 3.62. The third-order valence-corrected chi connectivity index (χ3v) is 5.62. The fourth-order valence-electron chi connectivity index (χ4n) is 4.14. The minimum Gasteiger partial charge on any atom is -0.380 e. The van der Waals surface area contributed by atoms with Crippen molar-refractivity contribution in [2.45, 2.75) is 44.4 Å². The summed E-state index contributed by atoms with van der Waals surface area (Å²) >= 11 is 0. The molecule has 7 heteroatoms. The van der Waals surface area contributed by atoms with Gasteiger partial charge in [0.2, 0.25) is 0 Å². The number of fused-ring (bicyclic) bond motifs is 1. The van der Waals surface area contributed by atoms with E-state index in [-0.39, 0.29) is 30.1 Å². The number of nitrogens with zero attached hydrogens (tertiary/aromatic N) is 4. The summed E-state index contributed by atoms with van der Waals surface area (Å²) < 4.78 is 5.32. The average Bonchev–Trinajstić information content (AvgIpc) is 3.16. The number of carbonyl (C=O) groups excluding carboxylic acids is 2. The zero-order valence-corrected chi connectivity index (χ0v) is 14.7. The van der Waals surface area contributed by atoms with Crippen LogP contribution in [0.2, 0.25) is 0 Å². The van der Waals surface area contributed by atoms with Gasteiger partial charge in [0.15, 0.2) is 0 Å². The molecule has 0 saturated carbocycles. The van der Waals surface area contributed by atoms with E-state index in [1.807, 2.05) is 19.2 Å². The van der Waals surface area contributed by atoms with Crippen LogP contribution in [0.25, 0.3) is 0 Å². The number of rotatable bonds is 3. The maximum absolute atomic E-state index is 12.7. The van der Waals surface area contributed by atoms with Gasteiger partial charge in [0, 0.05) is 45.4 Å². The lowest BCUT2D eigenvalue weighted by Crippen LogP contribution is -2.49. The van der Waals surface area contributed by atoms with Crippen molar-refractivity contribution in [2.75, 3.05) is 31.6 Å². The summed E-state index contributed by atoms with van der Waals surface area (Å²) in [5.74, 6) is 0.920. The molecule has 25 heavy (non-hydrogen) atoms. The van der Waals surface area contributed by atoms with Crippen LogP contribution in [0.1, 0.15) is 24.8 Å². The van der Waals surface area contributed by atoms with Crippen LogP contribution in [-0.4, -0.2) is 71.7 Å². The first-order valence-electron chi connectivity index (χ1n) is 8.92. The number of aryl methyl sites for hydroxylation is 1. The van der Waals surface area contributed by atoms with E-state index < -0.39 is 0 Å². The Kier molecular flexibility index (Phi) is 4.11. The quantitative estimate of drug-likeness (QED) is 0.776. The Labute approximate surface area is 147 Å². The Morgan fingerprint density at radius 1 is 1.20 bits per heavy atom. The van der Waals surface area contributed by atoms with Gasteiger partial charge >= 0.3 is 6.03 Å². The molecule has 0 N–H and O–H groups in total. The number of aromatic nitrogens is 1. The third-order valence-electron chi connectivity index (χ3n) is 5.62. The highest BCUT2D eigenvalue weighted by Crippen LogP contribution is 2.33. The smallest absolute Gasteiger partial charge is 0.327 e. The first-order valence-corrected chi connectivity index (χ1v) is 8.92. The molecule has 7 nitrogen and oxygen atoms in total. The molecule has 4 heterocycles. The largest absolute Gasteiger partial charge is 0.380 e. The molecule has 3 aliphatic heterocycles. The number of piperidine rings is 1. The number of anilines is 1. The van der Waals surface area contributed by atoms with Crippen LogP contribution in [-0.2, 0) is 9.53 Å². The standard InChI is InChI=1S/C18H24N4O3/c1-12-3-4-16(19-10-12)20-7-5-13(6-8-20)22-17(23)15-9-14(25-2)11-21(15)18(22)24/h3-4,10,13-15H,5-9,11H2,1-2H3. The van der Waals surface area contributed by atoms with Crippen molar-refractivity contribution in [3.63, 3.8) is 0 Å². The summed E-state index contributed by atoms with van der Waals surface area (Å²) in [5.41, 5.74) is 1.14. The molecule has 1 aromatic rings. The van der Waals surface area contributed by atoms with E-state index in [1.165, 1.54) is 4.90 Å². The van der Waals surface area contributed by atoms with Crippen molar-refractivity contribution in [1.82, 2.24) is 14.8 Å². The molecule has 0 bridgehead atoms. The van der Waals surface area contributed by atoms with E-state index in [2.05, 4.69) is 16.0 Å². The van der Waals surface area contributed by atoms with Gasteiger partial charge in [0.25, 0.3) is 5.91 Å². The zero-order valence-electron chi connectivity index (χ0n) is 14.7. The second-order valence-corrected chi connectivity index (χ2v) is 7.16. The highest BCUT2D eigenvalue weighted by Gasteiger charge is 2.52. The summed E-state index contributed by atoms with van der Waals surface area (Å²) in [5, 5.41) is 0. The second kappa shape index (κ2) is 6.29. The lowest BCUT2D eigenvalue weighted by atomic mass is 10.0. The summed E-state index contributed by atoms with van der Waals surface area (Å²) in [6.07, 6.45) is 4.05. The van der Waals surface area contributed by atoms with Crippen molar-refractivity contribution in [2.24, 2.45) is 0 Å². The molecule has 0 aliphatic carbocycles. The zero-order chi connectivity index (χ0) is 17.6. The lowest BCUT2D eigenvalue weighted by Gasteiger charge is -2.36. The van der Waals surface area contributed by atoms with Gasteiger partial charge in [0.05, 0.1) is 6.10 Å². The summed E-state index contributed by atoms with van der Waals surface area (Å²) in [7, 11) is 1.63. The normalized spacial score (nSPS) is 27.4. The number of imide groups is 1.